The van der Waals surface area contributed by atoms with Gasteiger partial charge in [-0.05, 0) is 48.0 Å². The minimum absolute atomic E-state index is 0.0369. The SMILES string of the molecule is NC(=O)c1cc(Oc2ccc(NC(=O)Nc3ccc(Cl)c(-c4ccccc4C(F)(F)F)c3)c(F)c2)ccn1. The topological polar surface area (TPSA) is 106 Å². The number of amides is 3. The number of hydrogen-bond donors (Lipinski definition) is 3. The van der Waals surface area contributed by atoms with Crippen LogP contribution in [0.15, 0.2) is 79.0 Å². The van der Waals surface area contributed by atoms with Crippen LogP contribution in [0.5, 0.6) is 11.5 Å². The fraction of sp³-hybridized carbons (Fsp3) is 0.0385. The molecule has 4 rings (SSSR count). The normalized spacial score (nSPS) is 11.1. The predicted molar refractivity (Wildman–Crippen MR) is 134 cm³/mol. The number of urea groups is 1. The Balaban J connectivity index is 1.48. The van der Waals surface area contributed by atoms with Crippen molar-refractivity contribution in [3.63, 3.8) is 0 Å². The smallest absolute Gasteiger partial charge is 0.417 e. The van der Waals surface area contributed by atoms with E-state index < -0.39 is 29.5 Å². The number of ether oxygens (including phenoxy) is 1. The van der Waals surface area contributed by atoms with Gasteiger partial charge in [0.25, 0.3) is 5.91 Å². The fourth-order valence-electron chi connectivity index (χ4n) is 3.47. The van der Waals surface area contributed by atoms with Gasteiger partial charge >= 0.3 is 12.2 Å². The van der Waals surface area contributed by atoms with Gasteiger partial charge in [-0.25, -0.2) is 9.18 Å². The number of benzene rings is 3. The standard InChI is InChI=1S/C26H17ClF4N4O3/c27-20-7-5-14(11-18(20)17-3-1-2-4-19(17)26(29,30)31)34-25(37)35-22-8-6-15(12-21(22)28)38-16-9-10-33-23(13-16)24(32)36/h1-13H,(H2,32,36)(H2,34,35,37). The van der Waals surface area contributed by atoms with E-state index in [2.05, 4.69) is 15.6 Å². The van der Waals surface area contributed by atoms with E-state index >= 15 is 0 Å². The van der Waals surface area contributed by atoms with Gasteiger partial charge in [0.1, 0.15) is 23.0 Å². The number of primary amides is 1. The van der Waals surface area contributed by atoms with Crippen LogP contribution in [0.25, 0.3) is 11.1 Å². The molecule has 4 N–H and O–H groups in total. The molecule has 12 heteroatoms. The van der Waals surface area contributed by atoms with Crippen molar-refractivity contribution in [1.82, 2.24) is 4.98 Å². The summed E-state index contributed by atoms with van der Waals surface area (Å²) in [5.41, 5.74) is 4.08. The molecule has 0 saturated heterocycles. The molecular formula is C26H17ClF4N4O3. The molecule has 194 valence electrons. The van der Waals surface area contributed by atoms with E-state index in [1.165, 1.54) is 66.9 Å². The molecule has 0 aliphatic carbocycles. The first-order chi connectivity index (χ1) is 18.0. The number of carbonyl (C=O) groups is 2. The fourth-order valence-corrected chi connectivity index (χ4v) is 3.68. The van der Waals surface area contributed by atoms with E-state index in [-0.39, 0.29) is 44.7 Å². The summed E-state index contributed by atoms with van der Waals surface area (Å²) in [7, 11) is 0. The lowest BCUT2D eigenvalue weighted by atomic mass is 9.99. The highest BCUT2D eigenvalue weighted by Crippen LogP contribution is 2.40. The van der Waals surface area contributed by atoms with Crippen LogP contribution in [0.3, 0.4) is 0 Å². The quantitative estimate of drug-likeness (QED) is 0.225. The Morgan fingerprint density at radius 3 is 2.34 bits per heavy atom. The van der Waals surface area contributed by atoms with Crippen LogP contribution in [0.1, 0.15) is 16.1 Å². The largest absolute Gasteiger partial charge is 0.457 e. The molecule has 1 aromatic heterocycles. The number of halogens is 5. The van der Waals surface area contributed by atoms with E-state index in [1.54, 1.807) is 0 Å². The molecule has 0 radical (unpaired) electrons. The van der Waals surface area contributed by atoms with Gasteiger partial charge in [-0.1, -0.05) is 29.8 Å². The zero-order chi connectivity index (χ0) is 27.4. The van der Waals surface area contributed by atoms with Gasteiger partial charge in [0.05, 0.1) is 11.3 Å². The van der Waals surface area contributed by atoms with Gasteiger partial charge in [0.15, 0.2) is 0 Å². The second kappa shape index (κ2) is 10.8. The van der Waals surface area contributed by atoms with Gasteiger partial charge in [-0.3, -0.25) is 9.78 Å². The van der Waals surface area contributed by atoms with E-state index in [9.17, 15) is 27.2 Å². The van der Waals surface area contributed by atoms with Crippen molar-refractivity contribution in [1.29, 1.82) is 0 Å². The lowest BCUT2D eigenvalue weighted by molar-refractivity contribution is -0.137. The molecule has 38 heavy (non-hydrogen) atoms. The number of rotatable bonds is 6. The Kier molecular flexibility index (Phi) is 7.49. The van der Waals surface area contributed by atoms with Crippen LogP contribution in [0.4, 0.5) is 33.7 Å². The lowest BCUT2D eigenvalue weighted by Crippen LogP contribution is -2.20. The summed E-state index contributed by atoms with van der Waals surface area (Å²) in [5, 5.41) is 4.81. The first kappa shape index (κ1) is 26.4. The van der Waals surface area contributed by atoms with Crippen molar-refractivity contribution in [2.75, 3.05) is 10.6 Å². The second-order valence-corrected chi connectivity index (χ2v) is 8.21. The summed E-state index contributed by atoms with van der Waals surface area (Å²) in [5.74, 6) is -1.33. The van der Waals surface area contributed by atoms with Crippen LogP contribution in [-0.4, -0.2) is 16.9 Å². The maximum absolute atomic E-state index is 14.6. The highest BCUT2D eigenvalue weighted by atomic mass is 35.5. The third-order valence-corrected chi connectivity index (χ3v) is 5.48. The van der Waals surface area contributed by atoms with Crippen LogP contribution in [-0.2, 0) is 6.18 Å². The third-order valence-electron chi connectivity index (χ3n) is 5.16. The summed E-state index contributed by atoms with van der Waals surface area (Å²) in [6.45, 7) is 0. The van der Waals surface area contributed by atoms with E-state index in [0.29, 0.717) is 0 Å². The Morgan fingerprint density at radius 2 is 1.63 bits per heavy atom. The molecule has 0 atom stereocenters. The number of aromatic nitrogens is 1. The number of pyridine rings is 1. The lowest BCUT2D eigenvalue weighted by Gasteiger charge is -2.15. The summed E-state index contributed by atoms with van der Waals surface area (Å²) in [4.78, 5) is 27.5. The minimum Gasteiger partial charge on any atom is -0.457 e. The zero-order valence-electron chi connectivity index (χ0n) is 19.1. The maximum atomic E-state index is 14.6. The maximum Gasteiger partial charge on any atom is 0.417 e. The summed E-state index contributed by atoms with van der Waals surface area (Å²) >= 11 is 6.15. The first-order valence-corrected chi connectivity index (χ1v) is 11.2. The van der Waals surface area contributed by atoms with Crippen LogP contribution < -0.4 is 21.1 Å². The van der Waals surface area contributed by atoms with Gasteiger partial charge < -0.3 is 21.1 Å². The molecule has 7 nitrogen and oxygen atoms in total. The van der Waals surface area contributed by atoms with Gasteiger partial charge in [-0.15, -0.1) is 0 Å². The molecular weight excluding hydrogens is 528 g/mol. The molecule has 4 aromatic rings. The summed E-state index contributed by atoms with van der Waals surface area (Å²) < 4.78 is 60.5. The molecule has 0 saturated carbocycles. The molecule has 0 spiro atoms. The third kappa shape index (κ3) is 6.19. The Bertz CT molecular complexity index is 1530. The number of anilines is 2. The average molecular weight is 545 g/mol. The van der Waals surface area contributed by atoms with Gasteiger partial charge in [-0.2, -0.15) is 13.2 Å². The van der Waals surface area contributed by atoms with Crippen molar-refractivity contribution in [2.24, 2.45) is 5.73 Å². The Morgan fingerprint density at radius 1 is 0.895 bits per heavy atom. The summed E-state index contributed by atoms with van der Waals surface area (Å²) in [6, 6.07) is 14.4. The average Bonchev–Trinajstić information content (AvgIpc) is 2.86. The number of alkyl halides is 3. The van der Waals surface area contributed by atoms with Crippen LogP contribution >= 0.6 is 11.6 Å². The Hall–Kier alpha value is -4.64. The molecule has 0 aliphatic heterocycles. The van der Waals surface area contributed by atoms with Crippen molar-refractivity contribution < 1.29 is 31.9 Å². The zero-order valence-corrected chi connectivity index (χ0v) is 19.9. The van der Waals surface area contributed by atoms with Gasteiger partial charge in [0, 0.05) is 34.6 Å². The number of carbonyl (C=O) groups excluding carboxylic acids is 2. The number of nitrogens with one attached hydrogen (secondary N) is 2. The Labute approximate surface area is 218 Å². The predicted octanol–water partition coefficient (Wildman–Crippen LogP) is 7.10. The van der Waals surface area contributed by atoms with Gasteiger partial charge in [0.2, 0.25) is 0 Å². The molecule has 1 heterocycles. The second-order valence-electron chi connectivity index (χ2n) is 7.80. The summed E-state index contributed by atoms with van der Waals surface area (Å²) in [6.07, 6.45) is -3.31. The molecule has 0 bridgehead atoms. The number of hydrogen-bond acceptors (Lipinski definition) is 4. The molecule has 3 amide bonds. The van der Waals surface area contributed by atoms with Crippen molar-refractivity contribution in [2.45, 2.75) is 6.18 Å². The van der Waals surface area contributed by atoms with Crippen molar-refractivity contribution in [3.05, 3.63) is 101 Å². The highest BCUT2D eigenvalue weighted by molar-refractivity contribution is 6.33. The molecule has 0 fully saturated rings. The van der Waals surface area contributed by atoms with Crippen LogP contribution in [0, 0.1) is 5.82 Å². The highest BCUT2D eigenvalue weighted by Gasteiger charge is 2.33. The monoisotopic (exact) mass is 544 g/mol. The minimum atomic E-state index is -4.62. The first-order valence-electron chi connectivity index (χ1n) is 10.8. The molecule has 0 aliphatic rings. The van der Waals surface area contributed by atoms with Crippen LogP contribution in [0.2, 0.25) is 5.02 Å². The number of nitrogens with two attached hydrogens (primary N) is 1. The van der Waals surface area contributed by atoms with E-state index in [4.69, 9.17) is 22.1 Å². The van der Waals surface area contributed by atoms with E-state index in [0.717, 1.165) is 12.1 Å². The number of nitrogens with zero attached hydrogens (tertiary/aromatic N) is 1. The molecule has 0 unspecified atom stereocenters. The van der Waals surface area contributed by atoms with Crippen molar-refractivity contribution >= 4 is 34.9 Å². The molecule has 3 aromatic carbocycles. The van der Waals surface area contributed by atoms with Crippen molar-refractivity contribution in [3.8, 4) is 22.6 Å². The van der Waals surface area contributed by atoms with E-state index in [1.807, 2.05) is 0 Å².